The molecule has 0 aliphatic rings. The van der Waals surface area contributed by atoms with E-state index in [4.69, 9.17) is 9.47 Å². The molecule has 0 unspecified atom stereocenters. The van der Waals surface area contributed by atoms with E-state index in [-0.39, 0.29) is 5.91 Å². The van der Waals surface area contributed by atoms with E-state index in [1.807, 2.05) is 32.0 Å². The standard InChI is InChI=1S/C19H21BrN2O3/c1-3-11-25-18-10-7-16(20)12-15(18)13-21-22-19(23)14-5-8-17(9-6-14)24-4-2/h5-10,12-13H,3-4,11H2,1-2H3,(H,22,23)/b21-13-. The SMILES string of the molecule is CCCOc1ccc(Br)cc1/C=N\NC(=O)c1ccc(OCC)cc1. The Balaban J connectivity index is 2.02. The van der Waals surface area contributed by atoms with E-state index in [9.17, 15) is 4.79 Å². The maximum Gasteiger partial charge on any atom is 0.271 e. The van der Waals surface area contributed by atoms with Crippen LogP contribution in [0, 0.1) is 0 Å². The summed E-state index contributed by atoms with van der Waals surface area (Å²) >= 11 is 3.43. The average molecular weight is 405 g/mol. The lowest BCUT2D eigenvalue weighted by atomic mass is 10.2. The molecule has 0 aliphatic heterocycles. The molecule has 1 amide bonds. The lowest BCUT2D eigenvalue weighted by Crippen LogP contribution is -2.17. The number of halogens is 1. The Morgan fingerprint density at radius 1 is 1.16 bits per heavy atom. The van der Waals surface area contributed by atoms with E-state index in [0.29, 0.717) is 18.8 Å². The van der Waals surface area contributed by atoms with Crippen molar-refractivity contribution in [2.45, 2.75) is 20.3 Å². The van der Waals surface area contributed by atoms with Crippen molar-refractivity contribution >= 4 is 28.1 Å². The molecule has 2 aromatic carbocycles. The van der Waals surface area contributed by atoms with Crippen LogP contribution in [0.15, 0.2) is 52.0 Å². The Hall–Kier alpha value is -2.34. The fourth-order valence-corrected chi connectivity index (χ4v) is 2.44. The van der Waals surface area contributed by atoms with E-state index in [0.717, 1.165) is 28.0 Å². The number of hydrogen-bond donors (Lipinski definition) is 1. The van der Waals surface area contributed by atoms with Crippen molar-refractivity contribution in [1.29, 1.82) is 0 Å². The molecule has 0 bridgehead atoms. The van der Waals surface area contributed by atoms with Gasteiger partial charge in [-0.1, -0.05) is 22.9 Å². The Labute approximate surface area is 156 Å². The summed E-state index contributed by atoms with van der Waals surface area (Å²) in [6, 6.07) is 12.6. The summed E-state index contributed by atoms with van der Waals surface area (Å²) in [5, 5.41) is 4.03. The predicted octanol–water partition coefficient (Wildman–Crippen LogP) is 4.40. The second kappa shape index (κ2) is 9.84. The van der Waals surface area contributed by atoms with Crippen LogP contribution in [0.5, 0.6) is 11.5 Å². The topological polar surface area (TPSA) is 59.9 Å². The van der Waals surface area contributed by atoms with Crippen LogP contribution in [0.1, 0.15) is 36.2 Å². The van der Waals surface area contributed by atoms with E-state index < -0.39 is 0 Å². The summed E-state index contributed by atoms with van der Waals surface area (Å²) in [6.45, 7) is 5.17. The molecule has 0 spiro atoms. The summed E-state index contributed by atoms with van der Waals surface area (Å²) in [7, 11) is 0. The molecule has 0 aliphatic carbocycles. The number of hydrogen-bond acceptors (Lipinski definition) is 4. The van der Waals surface area contributed by atoms with Gasteiger partial charge in [-0.3, -0.25) is 4.79 Å². The van der Waals surface area contributed by atoms with Crippen LogP contribution in [0.4, 0.5) is 0 Å². The number of benzene rings is 2. The summed E-state index contributed by atoms with van der Waals surface area (Å²) in [6.07, 6.45) is 2.49. The van der Waals surface area contributed by atoms with Crippen LogP contribution in [0.2, 0.25) is 0 Å². The highest BCUT2D eigenvalue weighted by Crippen LogP contribution is 2.22. The van der Waals surface area contributed by atoms with Crippen LogP contribution >= 0.6 is 15.9 Å². The molecule has 0 fully saturated rings. The Kier molecular flexibility index (Phi) is 7.47. The van der Waals surface area contributed by atoms with E-state index >= 15 is 0 Å². The van der Waals surface area contributed by atoms with Crippen molar-refractivity contribution < 1.29 is 14.3 Å². The molecule has 0 atom stereocenters. The molecule has 0 saturated carbocycles. The molecule has 5 nitrogen and oxygen atoms in total. The first-order valence-corrected chi connectivity index (χ1v) is 8.92. The van der Waals surface area contributed by atoms with Gasteiger partial charge < -0.3 is 9.47 Å². The van der Waals surface area contributed by atoms with Gasteiger partial charge in [0.15, 0.2) is 0 Å². The first kappa shape index (κ1) is 19.0. The molecule has 0 heterocycles. The molecule has 2 aromatic rings. The maximum atomic E-state index is 12.1. The van der Waals surface area contributed by atoms with Crippen LogP contribution in [-0.4, -0.2) is 25.3 Å². The van der Waals surface area contributed by atoms with E-state index in [2.05, 4.69) is 26.5 Å². The van der Waals surface area contributed by atoms with E-state index in [1.54, 1.807) is 30.5 Å². The van der Waals surface area contributed by atoms with Gasteiger partial charge in [0.1, 0.15) is 11.5 Å². The Morgan fingerprint density at radius 3 is 2.60 bits per heavy atom. The van der Waals surface area contributed by atoms with Crippen LogP contribution in [-0.2, 0) is 0 Å². The molecule has 1 N–H and O–H groups in total. The van der Waals surface area contributed by atoms with Gasteiger partial charge in [-0.05, 0) is 55.8 Å². The second-order valence-corrected chi connectivity index (χ2v) is 6.10. The first-order chi connectivity index (χ1) is 12.1. The molecular weight excluding hydrogens is 384 g/mol. The third-order valence-corrected chi connectivity index (χ3v) is 3.72. The number of hydrazone groups is 1. The third kappa shape index (κ3) is 5.90. The third-order valence-electron chi connectivity index (χ3n) is 3.23. The number of ether oxygens (including phenoxy) is 2. The Bertz CT molecular complexity index is 730. The molecule has 25 heavy (non-hydrogen) atoms. The highest BCUT2D eigenvalue weighted by Gasteiger charge is 2.05. The molecule has 0 aromatic heterocycles. The van der Waals surface area contributed by atoms with Gasteiger partial charge in [-0.15, -0.1) is 0 Å². The summed E-state index contributed by atoms with van der Waals surface area (Å²) in [5.74, 6) is 1.17. The fraction of sp³-hybridized carbons (Fsp3) is 0.263. The zero-order valence-corrected chi connectivity index (χ0v) is 15.9. The van der Waals surface area contributed by atoms with Gasteiger partial charge in [0.2, 0.25) is 0 Å². The molecule has 132 valence electrons. The highest BCUT2D eigenvalue weighted by molar-refractivity contribution is 9.10. The molecular formula is C19H21BrN2O3. The van der Waals surface area contributed by atoms with Crippen molar-refractivity contribution in [3.63, 3.8) is 0 Å². The zero-order valence-electron chi connectivity index (χ0n) is 14.3. The second-order valence-electron chi connectivity index (χ2n) is 5.19. The van der Waals surface area contributed by atoms with Gasteiger partial charge >= 0.3 is 0 Å². The fourth-order valence-electron chi connectivity index (χ4n) is 2.06. The van der Waals surface area contributed by atoms with Crippen molar-refractivity contribution in [2.75, 3.05) is 13.2 Å². The smallest absolute Gasteiger partial charge is 0.271 e. The normalized spacial score (nSPS) is 10.7. The summed E-state index contributed by atoms with van der Waals surface area (Å²) in [5.41, 5.74) is 3.82. The number of nitrogens with zero attached hydrogens (tertiary/aromatic N) is 1. The zero-order chi connectivity index (χ0) is 18.1. The van der Waals surface area contributed by atoms with E-state index in [1.165, 1.54) is 0 Å². The predicted molar refractivity (Wildman–Crippen MR) is 103 cm³/mol. The van der Waals surface area contributed by atoms with Crippen LogP contribution < -0.4 is 14.9 Å². The molecule has 2 rings (SSSR count). The maximum absolute atomic E-state index is 12.1. The first-order valence-electron chi connectivity index (χ1n) is 8.12. The average Bonchev–Trinajstić information content (AvgIpc) is 2.62. The lowest BCUT2D eigenvalue weighted by molar-refractivity contribution is 0.0955. The minimum Gasteiger partial charge on any atom is -0.494 e. The van der Waals surface area contributed by atoms with Gasteiger partial charge in [0.25, 0.3) is 5.91 Å². The van der Waals surface area contributed by atoms with Gasteiger partial charge in [-0.25, -0.2) is 5.43 Å². The van der Waals surface area contributed by atoms with Gasteiger partial charge in [-0.2, -0.15) is 5.10 Å². The summed E-state index contributed by atoms with van der Waals surface area (Å²) in [4.78, 5) is 12.1. The van der Waals surface area contributed by atoms with Gasteiger partial charge in [0, 0.05) is 15.6 Å². The molecule has 6 heteroatoms. The number of nitrogens with one attached hydrogen (secondary N) is 1. The van der Waals surface area contributed by atoms with Crippen molar-refractivity contribution in [1.82, 2.24) is 5.43 Å². The number of carbonyl (C=O) groups excluding carboxylic acids is 1. The minimum atomic E-state index is -0.287. The van der Waals surface area contributed by atoms with Crippen LogP contribution in [0.3, 0.4) is 0 Å². The van der Waals surface area contributed by atoms with Crippen molar-refractivity contribution in [3.8, 4) is 11.5 Å². The largest absolute Gasteiger partial charge is 0.494 e. The number of carbonyl (C=O) groups is 1. The van der Waals surface area contributed by atoms with Crippen molar-refractivity contribution in [3.05, 3.63) is 58.1 Å². The highest BCUT2D eigenvalue weighted by atomic mass is 79.9. The summed E-state index contributed by atoms with van der Waals surface area (Å²) < 4.78 is 11.9. The number of amides is 1. The van der Waals surface area contributed by atoms with Crippen LogP contribution in [0.25, 0.3) is 0 Å². The molecule has 0 saturated heterocycles. The minimum absolute atomic E-state index is 0.287. The van der Waals surface area contributed by atoms with Crippen molar-refractivity contribution in [2.24, 2.45) is 5.10 Å². The quantitative estimate of drug-likeness (QED) is 0.523. The number of rotatable bonds is 8. The lowest BCUT2D eigenvalue weighted by Gasteiger charge is -2.08. The Morgan fingerprint density at radius 2 is 1.92 bits per heavy atom. The monoisotopic (exact) mass is 404 g/mol. The molecule has 0 radical (unpaired) electrons. The van der Waals surface area contributed by atoms with Gasteiger partial charge in [0.05, 0.1) is 19.4 Å².